The Morgan fingerprint density at radius 2 is 1.64 bits per heavy atom. The average Bonchev–Trinajstić information content (AvgIpc) is 2.46. The molecule has 0 atom stereocenters. The molecule has 0 bridgehead atoms. The van der Waals surface area contributed by atoms with Crippen LogP contribution in [0.5, 0.6) is 0 Å². The normalized spacial score (nSPS) is 12.2. The Labute approximate surface area is 173 Å². The van der Waals surface area contributed by atoms with E-state index < -0.39 is 0 Å². The molecule has 1 amide bonds. The van der Waals surface area contributed by atoms with E-state index in [1.165, 1.54) is 5.56 Å². The number of benzene rings is 1. The zero-order valence-corrected chi connectivity index (χ0v) is 19.0. The Kier molecular flexibility index (Phi) is 9.79. The van der Waals surface area contributed by atoms with Crippen LogP contribution in [0.4, 0.5) is 0 Å². The molecular formula is C18H30ClIN4O. The fraction of sp³-hybridized carbons (Fsp3) is 0.556. The monoisotopic (exact) mass is 480 g/mol. The van der Waals surface area contributed by atoms with Gasteiger partial charge < -0.3 is 16.0 Å². The van der Waals surface area contributed by atoms with E-state index in [9.17, 15) is 4.79 Å². The molecule has 0 radical (unpaired) electrons. The third kappa shape index (κ3) is 9.30. The Bertz CT molecular complexity index is 580. The maximum atomic E-state index is 11.9. The molecule has 0 unspecified atom stereocenters. The first kappa shape index (κ1) is 24.0. The summed E-state index contributed by atoms with van der Waals surface area (Å²) in [6.45, 7) is 11.0. The van der Waals surface area contributed by atoms with Gasteiger partial charge in [0.25, 0.3) is 0 Å². The van der Waals surface area contributed by atoms with Crippen LogP contribution in [-0.2, 0) is 10.2 Å². The van der Waals surface area contributed by atoms with Crippen molar-refractivity contribution in [3.63, 3.8) is 0 Å². The molecule has 0 saturated heterocycles. The number of nitrogens with one attached hydrogen (secondary N) is 3. The second-order valence-electron chi connectivity index (χ2n) is 7.47. The van der Waals surface area contributed by atoms with Gasteiger partial charge in [0.2, 0.25) is 5.91 Å². The maximum absolute atomic E-state index is 11.9. The van der Waals surface area contributed by atoms with E-state index >= 15 is 0 Å². The van der Waals surface area contributed by atoms with E-state index in [2.05, 4.69) is 34.8 Å². The zero-order chi connectivity index (χ0) is 18.4. The van der Waals surface area contributed by atoms with Gasteiger partial charge in [0.1, 0.15) is 0 Å². The van der Waals surface area contributed by atoms with Crippen LogP contribution in [0.25, 0.3) is 0 Å². The molecule has 142 valence electrons. The summed E-state index contributed by atoms with van der Waals surface area (Å²) in [6.07, 6.45) is 0. The lowest BCUT2D eigenvalue weighted by molar-refractivity contribution is -0.121. The van der Waals surface area contributed by atoms with Gasteiger partial charge in [0.15, 0.2) is 5.96 Å². The maximum Gasteiger partial charge on any atom is 0.239 e. The summed E-state index contributed by atoms with van der Waals surface area (Å²) in [5, 5.41) is 9.93. The molecule has 0 aliphatic rings. The molecule has 0 saturated carbocycles. The Morgan fingerprint density at radius 3 is 2.12 bits per heavy atom. The van der Waals surface area contributed by atoms with Gasteiger partial charge in [-0.1, -0.05) is 37.6 Å². The molecule has 0 aliphatic heterocycles. The number of hydrogen-bond acceptors (Lipinski definition) is 2. The number of carbonyl (C=O) groups is 1. The van der Waals surface area contributed by atoms with Gasteiger partial charge in [0.05, 0.1) is 6.54 Å². The number of hydrogen-bond donors (Lipinski definition) is 3. The van der Waals surface area contributed by atoms with Gasteiger partial charge in [-0.2, -0.15) is 0 Å². The van der Waals surface area contributed by atoms with Gasteiger partial charge in [-0.3, -0.25) is 9.79 Å². The molecule has 0 aromatic heterocycles. The molecule has 25 heavy (non-hydrogen) atoms. The first-order valence-corrected chi connectivity index (χ1v) is 8.43. The van der Waals surface area contributed by atoms with Crippen molar-refractivity contribution < 1.29 is 4.79 Å². The lowest BCUT2D eigenvalue weighted by Gasteiger charge is -2.27. The number of halogens is 2. The lowest BCUT2D eigenvalue weighted by atomic mass is 9.85. The van der Waals surface area contributed by atoms with Crippen LogP contribution in [0.2, 0.25) is 5.02 Å². The highest BCUT2D eigenvalue weighted by Gasteiger charge is 2.21. The smallest absolute Gasteiger partial charge is 0.239 e. The quantitative estimate of drug-likeness (QED) is 0.344. The van der Waals surface area contributed by atoms with E-state index in [0.717, 1.165) is 5.02 Å². The molecule has 7 heteroatoms. The number of carbonyl (C=O) groups excluding carboxylic acids is 1. The van der Waals surface area contributed by atoms with Crippen molar-refractivity contribution in [2.75, 3.05) is 20.1 Å². The van der Waals surface area contributed by atoms with Crippen LogP contribution >= 0.6 is 35.6 Å². The first-order valence-electron chi connectivity index (χ1n) is 8.05. The molecule has 1 rings (SSSR count). The molecule has 0 fully saturated rings. The summed E-state index contributed by atoms with van der Waals surface area (Å²) in [5.74, 6) is 0.531. The number of aliphatic imine (C=N–C) groups is 1. The van der Waals surface area contributed by atoms with Crippen LogP contribution in [-0.4, -0.2) is 37.5 Å². The largest absolute Gasteiger partial charge is 0.356 e. The highest BCUT2D eigenvalue weighted by atomic mass is 127. The summed E-state index contributed by atoms with van der Waals surface area (Å²) in [4.78, 5) is 16.0. The summed E-state index contributed by atoms with van der Waals surface area (Å²) < 4.78 is 0. The number of guanidine groups is 1. The third-order valence-electron chi connectivity index (χ3n) is 3.48. The molecule has 0 heterocycles. The lowest BCUT2D eigenvalue weighted by Crippen LogP contribution is -2.49. The fourth-order valence-corrected chi connectivity index (χ4v) is 2.28. The standard InChI is InChI=1S/C18H29ClN4O.HI/c1-17(2,3)23-15(24)11-21-16(20-6)22-12-18(4,5)13-7-9-14(19)10-8-13;/h7-10H,11-12H2,1-6H3,(H,23,24)(H2,20,21,22);1H. The van der Waals surface area contributed by atoms with Crippen LogP contribution in [0.1, 0.15) is 40.2 Å². The number of rotatable bonds is 5. The molecule has 5 nitrogen and oxygen atoms in total. The highest BCUT2D eigenvalue weighted by molar-refractivity contribution is 14.0. The second-order valence-corrected chi connectivity index (χ2v) is 7.90. The average molecular weight is 481 g/mol. The van der Waals surface area contributed by atoms with Gasteiger partial charge >= 0.3 is 0 Å². The molecule has 3 N–H and O–H groups in total. The predicted octanol–water partition coefficient (Wildman–Crippen LogP) is 3.32. The predicted molar refractivity (Wildman–Crippen MR) is 117 cm³/mol. The van der Waals surface area contributed by atoms with Crippen molar-refractivity contribution >= 4 is 47.4 Å². The van der Waals surface area contributed by atoms with Crippen LogP contribution in [0.3, 0.4) is 0 Å². The minimum Gasteiger partial charge on any atom is -0.356 e. The molecule has 1 aromatic carbocycles. The minimum absolute atomic E-state index is 0. The van der Waals surface area contributed by atoms with Crippen LogP contribution in [0, 0.1) is 0 Å². The summed E-state index contributed by atoms with van der Waals surface area (Å²) in [5.41, 5.74) is 0.836. The Hall–Kier alpha value is -1.02. The van der Waals surface area contributed by atoms with Gasteiger partial charge in [0, 0.05) is 29.6 Å². The third-order valence-corrected chi connectivity index (χ3v) is 3.73. The Morgan fingerprint density at radius 1 is 1.08 bits per heavy atom. The van der Waals surface area contributed by atoms with Crippen molar-refractivity contribution in [3.05, 3.63) is 34.9 Å². The van der Waals surface area contributed by atoms with Gasteiger partial charge in [-0.05, 0) is 38.5 Å². The summed E-state index contributed by atoms with van der Waals surface area (Å²) in [6, 6.07) is 7.83. The van der Waals surface area contributed by atoms with Crippen molar-refractivity contribution in [3.8, 4) is 0 Å². The summed E-state index contributed by atoms with van der Waals surface area (Å²) in [7, 11) is 1.69. The Balaban J connectivity index is 0.00000576. The fourth-order valence-electron chi connectivity index (χ4n) is 2.15. The van der Waals surface area contributed by atoms with E-state index in [1.54, 1.807) is 7.05 Å². The first-order chi connectivity index (χ1) is 11.0. The van der Waals surface area contributed by atoms with Crippen molar-refractivity contribution in [2.45, 2.75) is 45.6 Å². The highest BCUT2D eigenvalue weighted by Crippen LogP contribution is 2.23. The molecule has 1 aromatic rings. The van der Waals surface area contributed by atoms with Crippen molar-refractivity contribution in [1.29, 1.82) is 0 Å². The van der Waals surface area contributed by atoms with Gasteiger partial charge in [-0.15, -0.1) is 24.0 Å². The topological polar surface area (TPSA) is 65.5 Å². The van der Waals surface area contributed by atoms with E-state index in [4.69, 9.17) is 11.6 Å². The van der Waals surface area contributed by atoms with Crippen molar-refractivity contribution in [2.24, 2.45) is 4.99 Å². The minimum atomic E-state index is -0.244. The molecule has 0 spiro atoms. The number of nitrogens with zero attached hydrogens (tertiary/aromatic N) is 1. The molecular weight excluding hydrogens is 451 g/mol. The summed E-state index contributed by atoms with van der Waals surface area (Å²) >= 11 is 5.95. The van der Waals surface area contributed by atoms with Gasteiger partial charge in [-0.25, -0.2) is 0 Å². The van der Waals surface area contributed by atoms with E-state index in [0.29, 0.717) is 12.5 Å². The number of amides is 1. The van der Waals surface area contributed by atoms with Crippen LogP contribution in [0.15, 0.2) is 29.3 Å². The van der Waals surface area contributed by atoms with Crippen molar-refractivity contribution in [1.82, 2.24) is 16.0 Å². The molecule has 0 aliphatic carbocycles. The van der Waals surface area contributed by atoms with E-state index in [1.807, 2.05) is 45.0 Å². The zero-order valence-electron chi connectivity index (χ0n) is 15.9. The van der Waals surface area contributed by atoms with E-state index in [-0.39, 0.29) is 47.4 Å². The van der Waals surface area contributed by atoms with Crippen LogP contribution < -0.4 is 16.0 Å². The SMILES string of the molecule is CN=C(NCC(=O)NC(C)(C)C)NCC(C)(C)c1ccc(Cl)cc1.I. The second kappa shape index (κ2) is 10.2.